The van der Waals surface area contributed by atoms with E-state index in [-0.39, 0.29) is 24.7 Å². The smallest absolute Gasteiger partial charge is 0.349 e. The molecule has 0 radical (unpaired) electrons. The van der Waals surface area contributed by atoms with E-state index in [1.54, 1.807) is 17.9 Å². The van der Waals surface area contributed by atoms with Gasteiger partial charge in [0.15, 0.2) is 11.5 Å². The van der Waals surface area contributed by atoms with Crippen LogP contribution in [0.2, 0.25) is 0 Å². The van der Waals surface area contributed by atoms with Crippen molar-refractivity contribution in [1.82, 2.24) is 4.90 Å². The Hall–Kier alpha value is -2.67. The summed E-state index contributed by atoms with van der Waals surface area (Å²) in [5.41, 5.74) is -4.50. The van der Waals surface area contributed by atoms with Crippen LogP contribution in [0.4, 0.5) is 5.69 Å². The highest BCUT2D eigenvalue weighted by molar-refractivity contribution is 6.19. The van der Waals surface area contributed by atoms with Crippen molar-refractivity contribution in [3.63, 3.8) is 0 Å². The molecule has 0 unspecified atom stereocenters. The standard InChI is InChI=1S/C25H28N2O5/c1-5-21-13-10-14-27-18(28)15-22-16-11-8-9-12-17(16)26(4)23(22,6-2)24(19(21)29,20(30)31-7-3)32-25(21,22)27/h6,8-9,11-12H,2,5,7,10,13-15H2,1,3-4H3/t21-,22-,23+,24-,25-/m1/s1. The Bertz CT molecular complexity index is 1120. The third-order valence-electron chi connectivity index (χ3n) is 9.27. The topological polar surface area (TPSA) is 76.2 Å². The number of likely N-dealkylation sites (N-methyl/N-ethyl adjacent to an activating group) is 1. The van der Waals surface area contributed by atoms with Gasteiger partial charge in [0, 0.05) is 25.7 Å². The van der Waals surface area contributed by atoms with Crippen LogP contribution in [-0.4, -0.2) is 59.6 Å². The Morgan fingerprint density at radius 3 is 2.72 bits per heavy atom. The van der Waals surface area contributed by atoms with Crippen molar-refractivity contribution in [2.45, 2.75) is 61.8 Å². The second-order valence-corrected chi connectivity index (χ2v) is 9.69. The molecule has 5 aliphatic rings. The first-order valence-electron chi connectivity index (χ1n) is 11.5. The molecule has 0 saturated carbocycles. The largest absolute Gasteiger partial charge is 0.463 e. The maximum Gasteiger partial charge on any atom is 0.349 e. The molecule has 5 aliphatic heterocycles. The number of carbonyl (C=O) groups is 3. The molecule has 1 aromatic carbocycles. The van der Waals surface area contributed by atoms with Crippen molar-refractivity contribution in [3.05, 3.63) is 42.5 Å². The number of nitrogens with zero attached hydrogens (tertiary/aromatic N) is 2. The number of benzene rings is 1. The van der Waals surface area contributed by atoms with Crippen LogP contribution in [-0.2, 0) is 29.3 Å². The number of anilines is 1. The Kier molecular flexibility index (Phi) is 3.51. The lowest BCUT2D eigenvalue weighted by Gasteiger charge is -2.59. The molecule has 7 heteroatoms. The van der Waals surface area contributed by atoms with Gasteiger partial charge in [-0.2, -0.15) is 0 Å². The number of hydrogen-bond acceptors (Lipinski definition) is 6. The van der Waals surface area contributed by atoms with Crippen molar-refractivity contribution in [2.75, 3.05) is 25.1 Å². The van der Waals surface area contributed by atoms with Gasteiger partial charge in [0.2, 0.25) is 5.91 Å². The predicted molar refractivity (Wildman–Crippen MR) is 116 cm³/mol. The van der Waals surface area contributed by atoms with Gasteiger partial charge in [0.1, 0.15) is 5.54 Å². The van der Waals surface area contributed by atoms with Crippen LogP contribution in [0.15, 0.2) is 36.9 Å². The van der Waals surface area contributed by atoms with Gasteiger partial charge < -0.3 is 19.3 Å². The monoisotopic (exact) mass is 436 g/mol. The van der Waals surface area contributed by atoms with Crippen molar-refractivity contribution >= 4 is 23.3 Å². The van der Waals surface area contributed by atoms with E-state index in [0.717, 1.165) is 11.3 Å². The molecular formula is C25H28N2O5. The summed E-state index contributed by atoms with van der Waals surface area (Å²) in [6.07, 6.45) is 3.60. The van der Waals surface area contributed by atoms with E-state index < -0.39 is 33.7 Å². The highest BCUT2D eigenvalue weighted by Crippen LogP contribution is 2.82. The van der Waals surface area contributed by atoms with Crippen LogP contribution in [0.25, 0.3) is 0 Å². The average molecular weight is 437 g/mol. The molecular weight excluding hydrogens is 408 g/mol. The van der Waals surface area contributed by atoms with Crippen molar-refractivity contribution in [1.29, 1.82) is 0 Å². The molecule has 0 N–H and O–H groups in total. The number of piperidine rings is 1. The average Bonchev–Trinajstić information content (AvgIpc) is 3.37. The fourth-order valence-corrected chi connectivity index (χ4v) is 8.44. The quantitative estimate of drug-likeness (QED) is 0.410. The first-order valence-corrected chi connectivity index (χ1v) is 11.5. The first-order chi connectivity index (χ1) is 15.3. The Morgan fingerprint density at radius 1 is 1.28 bits per heavy atom. The van der Waals surface area contributed by atoms with Gasteiger partial charge in [-0.25, -0.2) is 4.79 Å². The molecule has 0 aliphatic carbocycles. The van der Waals surface area contributed by atoms with Gasteiger partial charge in [-0.1, -0.05) is 31.2 Å². The first kappa shape index (κ1) is 20.0. The summed E-state index contributed by atoms with van der Waals surface area (Å²) in [4.78, 5) is 45.8. The Morgan fingerprint density at radius 2 is 2.03 bits per heavy atom. The highest BCUT2D eigenvalue weighted by Gasteiger charge is 3.00. The summed E-state index contributed by atoms with van der Waals surface area (Å²) in [5, 5.41) is 0. The lowest BCUT2D eigenvalue weighted by molar-refractivity contribution is -0.211. The number of para-hydroxylation sites is 1. The highest BCUT2D eigenvalue weighted by atomic mass is 16.6. The summed E-state index contributed by atoms with van der Waals surface area (Å²) < 4.78 is 12.4. The van der Waals surface area contributed by atoms with Crippen LogP contribution in [0, 0.1) is 5.41 Å². The molecule has 168 valence electrons. The van der Waals surface area contributed by atoms with Gasteiger partial charge >= 0.3 is 5.97 Å². The normalized spacial score (nSPS) is 42.7. The molecule has 1 amide bonds. The molecule has 2 spiro atoms. The van der Waals surface area contributed by atoms with Crippen molar-refractivity contribution in [2.24, 2.45) is 5.41 Å². The van der Waals surface area contributed by atoms with Gasteiger partial charge in [0.25, 0.3) is 5.60 Å². The van der Waals surface area contributed by atoms with E-state index in [4.69, 9.17) is 9.47 Å². The zero-order valence-corrected chi connectivity index (χ0v) is 18.8. The number of Topliss-reactive ketones (excluding diaryl/α,β-unsaturated/α-hetero) is 1. The fourth-order valence-electron chi connectivity index (χ4n) is 8.44. The maximum absolute atomic E-state index is 14.6. The second-order valence-electron chi connectivity index (χ2n) is 9.69. The maximum atomic E-state index is 14.6. The minimum atomic E-state index is -1.89. The zero-order valence-electron chi connectivity index (χ0n) is 18.8. The van der Waals surface area contributed by atoms with E-state index in [0.29, 0.717) is 25.8 Å². The molecule has 5 atom stereocenters. The van der Waals surface area contributed by atoms with Crippen LogP contribution >= 0.6 is 0 Å². The summed E-state index contributed by atoms with van der Waals surface area (Å²) in [7, 11) is 1.87. The van der Waals surface area contributed by atoms with Gasteiger partial charge in [0.05, 0.1) is 17.4 Å². The van der Waals surface area contributed by atoms with Crippen LogP contribution in [0.3, 0.4) is 0 Å². The van der Waals surface area contributed by atoms with Crippen LogP contribution < -0.4 is 4.90 Å². The molecule has 7 nitrogen and oxygen atoms in total. The zero-order chi connectivity index (χ0) is 22.7. The molecule has 32 heavy (non-hydrogen) atoms. The van der Waals surface area contributed by atoms with Crippen LogP contribution in [0.1, 0.15) is 45.1 Å². The molecule has 0 aromatic heterocycles. The number of fused-ring (bicyclic) bond motifs is 3. The van der Waals surface area contributed by atoms with Gasteiger partial charge in [-0.05, 0) is 37.8 Å². The summed E-state index contributed by atoms with van der Waals surface area (Å²) in [6, 6.07) is 7.89. The molecule has 4 fully saturated rings. The summed E-state index contributed by atoms with van der Waals surface area (Å²) in [5.74, 6) is -0.978. The Labute approximate surface area is 187 Å². The molecule has 1 aromatic rings. The van der Waals surface area contributed by atoms with E-state index >= 15 is 0 Å². The molecule has 4 saturated heterocycles. The third kappa shape index (κ3) is 1.42. The molecule has 5 heterocycles. The number of rotatable bonds is 4. The number of hydrogen-bond donors (Lipinski definition) is 0. The summed E-state index contributed by atoms with van der Waals surface area (Å²) >= 11 is 0. The summed E-state index contributed by atoms with van der Waals surface area (Å²) in [6.45, 7) is 8.49. The third-order valence-corrected chi connectivity index (χ3v) is 9.27. The number of ether oxygens (including phenoxy) is 2. The minimum absolute atomic E-state index is 0.0361. The Balaban J connectivity index is 1.82. The minimum Gasteiger partial charge on any atom is -0.463 e. The number of carbonyl (C=O) groups excluding carboxylic acids is 3. The van der Waals surface area contributed by atoms with Crippen molar-refractivity contribution in [3.8, 4) is 0 Å². The SMILES string of the molecule is C=C[C@]12N(C)c3ccccc3[C@]13CC(=O)N1CCC[C@]4(CC)C(=O)[C@]2(C(=O)OCC)O[C@]143. The van der Waals surface area contributed by atoms with Crippen molar-refractivity contribution < 1.29 is 23.9 Å². The van der Waals surface area contributed by atoms with E-state index in [2.05, 4.69) is 6.58 Å². The fraction of sp³-hybridized carbons (Fsp3) is 0.560. The van der Waals surface area contributed by atoms with Gasteiger partial charge in [-0.15, -0.1) is 6.58 Å². The molecule has 2 bridgehead atoms. The number of ketones is 1. The number of amides is 1. The van der Waals surface area contributed by atoms with E-state index in [9.17, 15) is 14.4 Å². The lowest BCUT2D eigenvalue weighted by atomic mass is 9.44. The van der Waals surface area contributed by atoms with E-state index in [1.165, 1.54) is 0 Å². The second kappa shape index (κ2) is 5.63. The molecule has 6 rings (SSSR count). The number of esters is 1. The van der Waals surface area contributed by atoms with E-state index in [1.807, 2.05) is 43.1 Å². The lowest BCUT2D eigenvalue weighted by Crippen LogP contribution is -2.80. The predicted octanol–water partition coefficient (Wildman–Crippen LogP) is 2.33. The van der Waals surface area contributed by atoms with Crippen LogP contribution in [0.5, 0.6) is 0 Å². The van der Waals surface area contributed by atoms with Gasteiger partial charge in [-0.3, -0.25) is 9.59 Å².